The first kappa shape index (κ1) is 15.5. The van der Waals surface area contributed by atoms with Crippen LogP contribution in [0.1, 0.15) is 12.5 Å². The van der Waals surface area contributed by atoms with Gasteiger partial charge in [0.15, 0.2) is 0 Å². The van der Waals surface area contributed by atoms with E-state index in [2.05, 4.69) is 15.8 Å². The molecule has 0 aliphatic carbocycles. The van der Waals surface area contributed by atoms with Crippen LogP contribution in [0.4, 0.5) is 5.69 Å². The molecule has 0 fully saturated rings. The fourth-order valence-electron chi connectivity index (χ4n) is 1.75. The van der Waals surface area contributed by atoms with Crippen molar-refractivity contribution in [1.29, 1.82) is 0 Å². The van der Waals surface area contributed by atoms with Gasteiger partial charge < -0.3 is 5.32 Å². The molecule has 4 nitrogen and oxygen atoms in total. The van der Waals surface area contributed by atoms with Gasteiger partial charge in [0.05, 0.1) is 12.3 Å². The highest BCUT2D eigenvalue weighted by atomic mass is 16.2. The van der Waals surface area contributed by atoms with Crippen molar-refractivity contribution in [2.24, 2.45) is 5.10 Å². The zero-order valence-corrected chi connectivity index (χ0v) is 12.5. The lowest BCUT2D eigenvalue weighted by molar-refractivity contribution is -0.119. The number of rotatable bonds is 6. The first-order valence-electron chi connectivity index (χ1n) is 7.09. The van der Waals surface area contributed by atoms with Gasteiger partial charge >= 0.3 is 0 Å². The molecule has 4 heteroatoms. The summed E-state index contributed by atoms with van der Waals surface area (Å²) in [4.78, 5) is 11.7. The van der Waals surface area contributed by atoms with Gasteiger partial charge in [0, 0.05) is 5.69 Å². The highest BCUT2D eigenvalue weighted by Gasteiger charge is 1.99. The first-order chi connectivity index (χ1) is 10.7. The Balaban J connectivity index is 1.78. The molecule has 1 amide bonds. The molecule has 2 aromatic rings. The molecule has 0 radical (unpaired) electrons. The number of carbonyl (C=O) groups is 1. The molecular formula is C18H19N3O. The molecule has 0 unspecified atom stereocenters. The first-order valence-corrected chi connectivity index (χ1v) is 7.09. The number of amides is 1. The van der Waals surface area contributed by atoms with Gasteiger partial charge in [-0.2, -0.15) is 5.10 Å². The maximum atomic E-state index is 11.7. The molecule has 2 N–H and O–H groups in total. The number of hydrazone groups is 1. The van der Waals surface area contributed by atoms with Crippen molar-refractivity contribution in [3.63, 3.8) is 0 Å². The van der Waals surface area contributed by atoms with Crippen LogP contribution in [0.5, 0.6) is 0 Å². The van der Waals surface area contributed by atoms with Crippen molar-refractivity contribution in [3.05, 3.63) is 72.3 Å². The Morgan fingerprint density at radius 3 is 2.36 bits per heavy atom. The number of hydrogen-bond donors (Lipinski definition) is 2. The molecule has 2 aromatic carbocycles. The summed E-state index contributed by atoms with van der Waals surface area (Å²) in [6, 6.07) is 19.5. The number of anilines is 1. The van der Waals surface area contributed by atoms with E-state index in [0.29, 0.717) is 0 Å². The van der Waals surface area contributed by atoms with E-state index in [1.165, 1.54) is 0 Å². The third kappa shape index (κ3) is 5.63. The molecule has 0 heterocycles. The molecule has 0 spiro atoms. The van der Waals surface area contributed by atoms with E-state index in [1.807, 2.05) is 79.7 Å². The molecule has 0 aliphatic rings. The van der Waals surface area contributed by atoms with Crippen LogP contribution in [0, 0.1) is 0 Å². The second-order valence-electron chi connectivity index (χ2n) is 4.75. The van der Waals surface area contributed by atoms with Gasteiger partial charge in [0.2, 0.25) is 0 Å². The SMILES string of the molecule is CC(/C=C/c1ccccc1)=N/NC(=O)CNc1ccccc1. The normalized spacial score (nSPS) is 11.4. The van der Waals surface area contributed by atoms with E-state index < -0.39 is 0 Å². The van der Waals surface area contributed by atoms with Crippen LogP contribution < -0.4 is 10.7 Å². The van der Waals surface area contributed by atoms with Crippen LogP contribution in [-0.2, 0) is 4.79 Å². The van der Waals surface area contributed by atoms with Crippen molar-refractivity contribution in [1.82, 2.24) is 5.43 Å². The lowest BCUT2D eigenvalue weighted by Gasteiger charge is -2.04. The largest absolute Gasteiger partial charge is 0.376 e. The summed E-state index contributed by atoms with van der Waals surface area (Å²) in [5.74, 6) is -0.184. The summed E-state index contributed by atoms with van der Waals surface area (Å²) in [7, 11) is 0. The summed E-state index contributed by atoms with van der Waals surface area (Å²) in [5.41, 5.74) is 5.25. The molecule has 0 atom stereocenters. The van der Waals surface area contributed by atoms with E-state index >= 15 is 0 Å². The van der Waals surface area contributed by atoms with Crippen LogP contribution in [0.15, 0.2) is 71.8 Å². The second-order valence-corrected chi connectivity index (χ2v) is 4.75. The summed E-state index contributed by atoms with van der Waals surface area (Å²) in [6.45, 7) is 2.02. The van der Waals surface area contributed by atoms with Gasteiger partial charge in [-0.25, -0.2) is 5.43 Å². The van der Waals surface area contributed by atoms with Crippen molar-refractivity contribution in [3.8, 4) is 0 Å². The standard InChI is InChI=1S/C18H19N3O/c1-15(12-13-16-8-4-2-5-9-16)20-21-18(22)14-19-17-10-6-3-7-11-17/h2-13,19H,14H2,1H3,(H,21,22)/b13-12+,20-15-. The van der Waals surface area contributed by atoms with Gasteiger partial charge in [0.25, 0.3) is 5.91 Å². The topological polar surface area (TPSA) is 53.5 Å². The average Bonchev–Trinajstić information content (AvgIpc) is 2.58. The van der Waals surface area contributed by atoms with Crippen LogP contribution in [0.3, 0.4) is 0 Å². The minimum Gasteiger partial charge on any atom is -0.376 e. The van der Waals surface area contributed by atoms with Crippen LogP contribution in [0.25, 0.3) is 6.08 Å². The number of hydrogen-bond acceptors (Lipinski definition) is 3. The average molecular weight is 293 g/mol. The van der Waals surface area contributed by atoms with E-state index in [4.69, 9.17) is 0 Å². The van der Waals surface area contributed by atoms with Gasteiger partial charge in [0.1, 0.15) is 0 Å². The van der Waals surface area contributed by atoms with Crippen molar-refractivity contribution < 1.29 is 4.79 Å². The van der Waals surface area contributed by atoms with E-state index in [-0.39, 0.29) is 12.5 Å². The van der Waals surface area contributed by atoms with Gasteiger partial charge in [-0.3, -0.25) is 4.79 Å². The monoisotopic (exact) mass is 293 g/mol. The maximum Gasteiger partial charge on any atom is 0.259 e. The predicted molar refractivity (Wildman–Crippen MR) is 91.7 cm³/mol. The summed E-state index contributed by atoms with van der Waals surface area (Å²) in [6.07, 6.45) is 3.81. The van der Waals surface area contributed by atoms with Gasteiger partial charge in [-0.15, -0.1) is 0 Å². The molecule has 0 saturated heterocycles. The number of benzene rings is 2. The van der Waals surface area contributed by atoms with E-state index in [9.17, 15) is 4.79 Å². The summed E-state index contributed by atoms with van der Waals surface area (Å²) >= 11 is 0. The zero-order valence-electron chi connectivity index (χ0n) is 12.5. The van der Waals surface area contributed by atoms with Crippen molar-refractivity contribution in [2.45, 2.75) is 6.92 Å². The molecule has 0 aliphatic heterocycles. The third-order valence-electron chi connectivity index (χ3n) is 2.90. The number of para-hydroxylation sites is 1. The van der Waals surface area contributed by atoms with Crippen LogP contribution in [-0.4, -0.2) is 18.2 Å². The fourth-order valence-corrected chi connectivity index (χ4v) is 1.75. The Morgan fingerprint density at radius 1 is 1.05 bits per heavy atom. The minimum atomic E-state index is -0.184. The Labute approximate surface area is 130 Å². The maximum absolute atomic E-state index is 11.7. The number of carbonyl (C=O) groups excluding carboxylic acids is 1. The quantitative estimate of drug-likeness (QED) is 0.634. The zero-order chi connectivity index (χ0) is 15.6. The number of nitrogens with zero attached hydrogens (tertiary/aromatic N) is 1. The molecule has 22 heavy (non-hydrogen) atoms. The van der Waals surface area contributed by atoms with Crippen LogP contribution >= 0.6 is 0 Å². The highest BCUT2D eigenvalue weighted by molar-refractivity contribution is 5.97. The molecule has 0 saturated carbocycles. The fraction of sp³-hybridized carbons (Fsp3) is 0.111. The van der Waals surface area contributed by atoms with Gasteiger partial charge in [-0.05, 0) is 30.7 Å². The molecule has 112 valence electrons. The van der Waals surface area contributed by atoms with Gasteiger partial charge in [-0.1, -0.05) is 54.6 Å². The number of allylic oxidation sites excluding steroid dienone is 1. The molecule has 2 rings (SSSR count). The Kier molecular flexibility index (Phi) is 5.93. The highest BCUT2D eigenvalue weighted by Crippen LogP contribution is 2.03. The van der Waals surface area contributed by atoms with E-state index in [1.54, 1.807) is 0 Å². The van der Waals surface area contributed by atoms with Crippen molar-refractivity contribution in [2.75, 3.05) is 11.9 Å². The third-order valence-corrected chi connectivity index (χ3v) is 2.90. The smallest absolute Gasteiger partial charge is 0.259 e. The van der Waals surface area contributed by atoms with Crippen molar-refractivity contribution >= 4 is 23.4 Å². The Bertz CT molecular complexity index is 649. The molecule has 0 aromatic heterocycles. The summed E-state index contributed by atoms with van der Waals surface area (Å²) in [5, 5.41) is 7.07. The Morgan fingerprint density at radius 2 is 1.68 bits per heavy atom. The summed E-state index contributed by atoms with van der Waals surface area (Å²) < 4.78 is 0. The lowest BCUT2D eigenvalue weighted by atomic mass is 10.2. The Hall–Kier alpha value is -2.88. The molecule has 0 bridgehead atoms. The van der Waals surface area contributed by atoms with Crippen LogP contribution in [0.2, 0.25) is 0 Å². The second kappa shape index (κ2) is 8.42. The lowest BCUT2D eigenvalue weighted by Crippen LogP contribution is -2.26. The predicted octanol–water partition coefficient (Wildman–Crippen LogP) is 3.30. The van der Waals surface area contributed by atoms with E-state index in [0.717, 1.165) is 17.0 Å². The molecular weight excluding hydrogens is 274 g/mol. The minimum absolute atomic E-state index is 0.184. The number of nitrogens with one attached hydrogen (secondary N) is 2.